The smallest absolute Gasteiger partial charge is 0.218 e. The number of hydrogen-bond acceptors (Lipinski definition) is 4. The number of benzene rings is 1. The first-order valence-electron chi connectivity index (χ1n) is 4.71. The van der Waals surface area contributed by atoms with Gasteiger partial charge in [-0.1, -0.05) is 18.2 Å². The second-order valence-corrected chi connectivity index (χ2v) is 3.23. The summed E-state index contributed by atoms with van der Waals surface area (Å²) in [4.78, 5) is 4.39. The molecule has 78 valence electrons. The average Bonchev–Trinajstić information content (AvgIpc) is 2.28. The van der Waals surface area contributed by atoms with Gasteiger partial charge in [-0.2, -0.15) is 0 Å². The first-order chi connectivity index (χ1) is 7.35. The van der Waals surface area contributed by atoms with E-state index in [1.165, 1.54) is 0 Å². The molecule has 0 aliphatic carbocycles. The Morgan fingerprint density at radius 2 is 2.20 bits per heavy atom. The molecule has 0 spiro atoms. The summed E-state index contributed by atoms with van der Waals surface area (Å²) in [6.45, 7) is 0.543. The maximum absolute atomic E-state index is 5.29. The lowest BCUT2D eigenvalue weighted by Gasteiger charge is -2.08. The molecule has 3 N–H and O–H groups in total. The van der Waals surface area contributed by atoms with Crippen molar-refractivity contribution in [2.75, 3.05) is 7.11 Å². The van der Waals surface area contributed by atoms with Gasteiger partial charge < -0.3 is 4.74 Å². The fourth-order valence-electron chi connectivity index (χ4n) is 1.56. The van der Waals surface area contributed by atoms with Crippen molar-refractivity contribution < 1.29 is 4.74 Å². The predicted molar refractivity (Wildman–Crippen MR) is 59.3 cm³/mol. The van der Waals surface area contributed by atoms with Crippen molar-refractivity contribution >= 4 is 10.9 Å². The summed E-state index contributed by atoms with van der Waals surface area (Å²) in [6, 6.07) is 9.94. The molecule has 0 radical (unpaired) electrons. The van der Waals surface area contributed by atoms with E-state index in [9.17, 15) is 0 Å². The molecular formula is C11H13N3O. The molecule has 0 aliphatic rings. The van der Waals surface area contributed by atoms with E-state index in [2.05, 4.69) is 10.4 Å². The van der Waals surface area contributed by atoms with Crippen LogP contribution in [0, 0.1) is 0 Å². The Hall–Kier alpha value is -1.65. The zero-order valence-corrected chi connectivity index (χ0v) is 8.53. The summed E-state index contributed by atoms with van der Waals surface area (Å²) < 4.78 is 5.20. The summed E-state index contributed by atoms with van der Waals surface area (Å²) >= 11 is 0. The molecule has 4 nitrogen and oxygen atoms in total. The minimum Gasteiger partial charge on any atom is -0.481 e. The highest BCUT2D eigenvalue weighted by Crippen LogP contribution is 2.21. The van der Waals surface area contributed by atoms with Gasteiger partial charge in [-0.3, -0.25) is 11.3 Å². The monoisotopic (exact) mass is 203 g/mol. The standard InChI is InChI=1S/C11H13N3O/c1-15-11-9(7-13-12)6-8-4-2-3-5-10(8)14-11/h2-6,13H,7,12H2,1H3. The van der Waals surface area contributed by atoms with E-state index in [1.54, 1.807) is 7.11 Å². The molecule has 4 heteroatoms. The van der Waals surface area contributed by atoms with Crippen LogP contribution >= 0.6 is 0 Å². The Morgan fingerprint density at radius 1 is 1.40 bits per heavy atom. The first-order valence-corrected chi connectivity index (χ1v) is 4.71. The Morgan fingerprint density at radius 3 is 2.93 bits per heavy atom. The third-order valence-electron chi connectivity index (χ3n) is 2.25. The number of hydrogen-bond donors (Lipinski definition) is 2. The van der Waals surface area contributed by atoms with Crippen molar-refractivity contribution in [3.63, 3.8) is 0 Å². The number of nitrogens with zero attached hydrogens (tertiary/aromatic N) is 1. The molecule has 2 rings (SSSR count). The number of fused-ring (bicyclic) bond motifs is 1. The van der Waals surface area contributed by atoms with E-state index in [4.69, 9.17) is 10.6 Å². The van der Waals surface area contributed by atoms with Gasteiger partial charge in [-0.05, 0) is 12.1 Å². The maximum atomic E-state index is 5.29. The van der Waals surface area contributed by atoms with Crippen LogP contribution in [0.3, 0.4) is 0 Å². The van der Waals surface area contributed by atoms with Crippen LogP contribution in [-0.4, -0.2) is 12.1 Å². The van der Waals surface area contributed by atoms with Gasteiger partial charge in [-0.25, -0.2) is 4.98 Å². The highest BCUT2D eigenvalue weighted by Gasteiger charge is 2.05. The quantitative estimate of drug-likeness (QED) is 0.581. The van der Waals surface area contributed by atoms with Gasteiger partial charge in [0.05, 0.1) is 12.6 Å². The molecule has 0 fully saturated rings. The van der Waals surface area contributed by atoms with E-state index >= 15 is 0 Å². The number of para-hydroxylation sites is 1. The first kappa shape index (κ1) is 9.89. The third-order valence-corrected chi connectivity index (χ3v) is 2.25. The molecule has 0 aliphatic heterocycles. The molecule has 0 atom stereocenters. The summed E-state index contributed by atoms with van der Waals surface area (Å²) in [6.07, 6.45) is 0. The van der Waals surface area contributed by atoms with E-state index in [-0.39, 0.29) is 0 Å². The van der Waals surface area contributed by atoms with Crippen molar-refractivity contribution in [1.29, 1.82) is 0 Å². The van der Waals surface area contributed by atoms with Crippen LogP contribution in [0.5, 0.6) is 5.88 Å². The number of methoxy groups -OCH3 is 1. The average molecular weight is 203 g/mol. The van der Waals surface area contributed by atoms with Crippen LogP contribution in [0.25, 0.3) is 10.9 Å². The summed E-state index contributed by atoms with van der Waals surface area (Å²) in [5, 5.41) is 1.09. The number of ether oxygens (including phenoxy) is 1. The number of rotatable bonds is 3. The molecule has 2 aromatic rings. The Kier molecular flexibility index (Phi) is 2.80. The zero-order valence-electron chi connectivity index (χ0n) is 8.53. The molecule has 0 bridgehead atoms. The molecule has 0 saturated heterocycles. The molecule has 15 heavy (non-hydrogen) atoms. The summed E-state index contributed by atoms with van der Waals surface area (Å²) in [7, 11) is 1.61. The molecule has 0 amide bonds. The number of aromatic nitrogens is 1. The normalized spacial score (nSPS) is 10.5. The fourth-order valence-corrected chi connectivity index (χ4v) is 1.56. The van der Waals surface area contributed by atoms with Crippen molar-refractivity contribution in [3.8, 4) is 5.88 Å². The summed E-state index contributed by atoms with van der Waals surface area (Å²) in [5.41, 5.74) is 4.49. The van der Waals surface area contributed by atoms with Crippen molar-refractivity contribution in [2.24, 2.45) is 5.84 Å². The Bertz CT molecular complexity index is 470. The van der Waals surface area contributed by atoms with Crippen LogP contribution in [0.2, 0.25) is 0 Å². The van der Waals surface area contributed by atoms with Crippen LogP contribution < -0.4 is 16.0 Å². The van der Waals surface area contributed by atoms with Gasteiger partial charge in [-0.15, -0.1) is 0 Å². The number of pyridine rings is 1. The second kappa shape index (κ2) is 4.25. The van der Waals surface area contributed by atoms with Crippen LogP contribution in [0.4, 0.5) is 0 Å². The van der Waals surface area contributed by atoms with E-state index in [0.29, 0.717) is 12.4 Å². The molecule has 0 unspecified atom stereocenters. The van der Waals surface area contributed by atoms with Crippen LogP contribution in [-0.2, 0) is 6.54 Å². The lowest BCUT2D eigenvalue weighted by atomic mass is 10.1. The van der Waals surface area contributed by atoms with Gasteiger partial charge in [0.1, 0.15) is 0 Å². The lowest BCUT2D eigenvalue weighted by molar-refractivity contribution is 0.392. The van der Waals surface area contributed by atoms with Gasteiger partial charge in [0, 0.05) is 17.5 Å². The minimum absolute atomic E-state index is 0.543. The van der Waals surface area contributed by atoms with Gasteiger partial charge in [0.2, 0.25) is 5.88 Å². The van der Waals surface area contributed by atoms with Gasteiger partial charge in [0.25, 0.3) is 0 Å². The van der Waals surface area contributed by atoms with Crippen molar-refractivity contribution in [1.82, 2.24) is 10.4 Å². The van der Waals surface area contributed by atoms with Crippen molar-refractivity contribution in [2.45, 2.75) is 6.54 Å². The fraction of sp³-hybridized carbons (Fsp3) is 0.182. The van der Waals surface area contributed by atoms with Crippen LogP contribution in [0.1, 0.15) is 5.56 Å². The number of nitrogens with one attached hydrogen (secondary N) is 1. The van der Waals surface area contributed by atoms with Gasteiger partial charge in [0.15, 0.2) is 0 Å². The summed E-state index contributed by atoms with van der Waals surface area (Å²) in [5.74, 6) is 5.91. The highest BCUT2D eigenvalue weighted by molar-refractivity contribution is 5.79. The Labute approximate surface area is 88.0 Å². The highest BCUT2D eigenvalue weighted by atomic mass is 16.5. The molecular weight excluding hydrogens is 190 g/mol. The SMILES string of the molecule is COc1nc2ccccc2cc1CNN. The Balaban J connectivity index is 2.58. The number of nitrogens with two attached hydrogens (primary N) is 1. The van der Waals surface area contributed by atoms with E-state index in [1.807, 2.05) is 30.3 Å². The van der Waals surface area contributed by atoms with Crippen LogP contribution in [0.15, 0.2) is 30.3 Å². The van der Waals surface area contributed by atoms with E-state index < -0.39 is 0 Å². The molecule has 1 aromatic heterocycles. The zero-order chi connectivity index (χ0) is 10.7. The van der Waals surface area contributed by atoms with E-state index in [0.717, 1.165) is 16.5 Å². The van der Waals surface area contributed by atoms with Crippen molar-refractivity contribution in [3.05, 3.63) is 35.9 Å². The maximum Gasteiger partial charge on any atom is 0.218 e. The van der Waals surface area contributed by atoms with Gasteiger partial charge >= 0.3 is 0 Å². The third kappa shape index (κ3) is 1.91. The minimum atomic E-state index is 0.543. The molecule has 0 saturated carbocycles. The largest absolute Gasteiger partial charge is 0.481 e. The lowest BCUT2D eigenvalue weighted by Crippen LogP contribution is -2.21. The second-order valence-electron chi connectivity index (χ2n) is 3.23. The predicted octanol–water partition coefficient (Wildman–Crippen LogP) is 1.21. The molecule has 1 heterocycles. The number of hydrazine groups is 1. The molecule has 1 aromatic carbocycles. The topological polar surface area (TPSA) is 60.2 Å².